The second-order valence-electron chi connectivity index (χ2n) is 3.63. The van der Waals surface area contributed by atoms with Crippen LogP contribution in [0.4, 0.5) is 0 Å². The Hall–Kier alpha value is -1.64. The molecule has 0 aliphatic carbocycles. The van der Waals surface area contributed by atoms with E-state index in [1.54, 1.807) is 42.5 Å². The average molecular weight is 279 g/mol. The van der Waals surface area contributed by atoms with Crippen molar-refractivity contribution < 1.29 is 9.59 Å². The number of carbonyl (C=O) groups is 2. The molecule has 2 nitrogen and oxygen atoms in total. The lowest BCUT2D eigenvalue weighted by Gasteiger charge is -2.07. The van der Waals surface area contributed by atoms with E-state index in [1.165, 1.54) is 6.07 Å². The Labute approximate surface area is 114 Å². The molecule has 4 heteroatoms. The highest BCUT2D eigenvalue weighted by molar-refractivity contribution is 6.68. The molecule has 0 atom stereocenters. The van der Waals surface area contributed by atoms with Crippen molar-refractivity contribution >= 4 is 34.2 Å². The van der Waals surface area contributed by atoms with Gasteiger partial charge in [0.05, 0.1) is 10.6 Å². The lowest BCUT2D eigenvalue weighted by atomic mass is 9.99. The fourth-order valence-corrected chi connectivity index (χ4v) is 2.07. The van der Waals surface area contributed by atoms with E-state index in [4.69, 9.17) is 23.2 Å². The minimum atomic E-state index is -0.697. The number of hydrogen-bond acceptors (Lipinski definition) is 2. The molecule has 0 saturated heterocycles. The van der Waals surface area contributed by atoms with Crippen LogP contribution in [-0.4, -0.2) is 11.0 Å². The first-order valence-electron chi connectivity index (χ1n) is 5.19. The topological polar surface area (TPSA) is 34.1 Å². The zero-order valence-electron chi connectivity index (χ0n) is 9.19. The van der Waals surface area contributed by atoms with Crippen LogP contribution in [0.1, 0.15) is 26.3 Å². The first-order chi connectivity index (χ1) is 8.61. The molecular weight excluding hydrogens is 271 g/mol. The van der Waals surface area contributed by atoms with E-state index < -0.39 is 5.24 Å². The van der Waals surface area contributed by atoms with Crippen LogP contribution in [0.25, 0.3) is 0 Å². The molecule has 0 aliphatic rings. The maximum Gasteiger partial charge on any atom is 0.253 e. The maximum absolute atomic E-state index is 12.3. The van der Waals surface area contributed by atoms with Crippen molar-refractivity contribution in [2.75, 3.05) is 0 Å². The van der Waals surface area contributed by atoms with E-state index >= 15 is 0 Å². The molecule has 2 aromatic rings. The van der Waals surface area contributed by atoms with Gasteiger partial charge in [0, 0.05) is 11.1 Å². The van der Waals surface area contributed by atoms with Gasteiger partial charge in [-0.3, -0.25) is 9.59 Å². The number of ketones is 1. The summed E-state index contributed by atoms with van der Waals surface area (Å²) >= 11 is 11.4. The number of halogens is 2. The lowest BCUT2D eigenvalue weighted by molar-refractivity contribution is 0.102. The number of carbonyl (C=O) groups excluding carboxylic acids is 2. The van der Waals surface area contributed by atoms with E-state index in [2.05, 4.69) is 0 Å². The van der Waals surface area contributed by atoms with Crippen LogP contribution in [0.15, 0.2) is 48.5 Å². The third-order valence-electron chi connectivity index (χ3n) is 2.49. The van der Waals surface area contributed by atoms with Crippen LogP contribution in [0.3, 0.4) is 0 Å². The standard InChI is InChI=1S/C14H8Cl2O2/c15-11-8-4-7-10(14(16)18)12(11)13(17)9-5-2-1-3-6-9/h1-8H. The fourth-order valence-electron chi connectivity index (χ4n) is 1.65. The molecule has 0 N–H and O–H groups in total. The molecule has 0 radical (unpaired) electrons. The Morgan fingerprint density at radius 2 is 1.56 bits per heavy atom. The maximum atomic E-state index is 12.3. The molecule has 2 aromatic carbocycles. The van der Waals surface area contributed by atoms with Gasteiger partial charge in [0.1, 0.15) is 0 Å². The second-order valence-corrected chi connectivity index (χ2v) is 4.38. The van der Waals surface area contributed by atoms with Crippen molar-refractivity contribution in [1.82, 2.24) is 0 Å². The van der Waals surface area contributed by atoms with Gasteiger partial charge in [0.15, 0.2) is 5.78 Å². The summed E-state index contributed by atoms with van der Waals surface area (Å²) in [7, 11) is 0. The number of benzene rings is 2. The van der Waals surface area contributed by atoms with Crippen LogP contribution in [-0.2, 0) is 0 Å². The van der Waals surface area contributed by atoms with Gasteiger partial charge in [-0.05, 0) is 23.7 Å². The fraction of sp³-hybridized carbons (Fsp3) is 0. The Morgan fingerprint density at radius 1 is 0.889 bits per heavy atom. The van der Waals surface area contributed by atoms with Crippen molar-refractivity contribution in [3.63, 3.8) is 0 Å². The minimum Gasteiger partial charge on any atom is -0.289 e. The highest BCUT2D eigenvalue weighted by Crippen LogP contribution is 2.24. The molecule has 0 saturated carbocycles. The SMILES string of the molecule is O=C(Cl)c1cccc(Cl)c1C(=O)c1ccccc1. The van der Waals surface area contributed by atoms with Gasteiger partial charge in [-0.15, -0.1) is 0 Å². The number of hydrogen-bond donors (Lipinski definition) is 0. The van der Waals surface area contributed by atoms with Gasteiger partial charge in [-0.2, -0.15) is 0 Å². The predicted octanol–water partition coefficient (Wildman–Crippen LogP) is 3.95. The van der Waals surface area contributed by atoms with E-state index in [9.17, 15) is 9.59 Å². The molecular formula is C14H8Cl2O2. The smallest absolute Gasteiger partial charge is 0.253 e. The Morgan fingerprint density at radius 3 is 2.17 bits per heavy atom. The van der Waals surface area contributed by atoms with Crippen LogP contribution in [0, 0.1) is 0 Å². The zero-order chi connectivity index (χ0) is 13.1. The highest BCUT2D eigenvalue weighted by Gasteiger charge is 2.20. The lowest BCUT2D eigenvalue weighted by Crippen LogP contribution is -2.08. The molecule has 0 unspecified atom stereocenters. The molecule has 0 aromatic heterocycles. The first-order valence-corrected chi connectivity index (χ1v) is 5.95. The molecule has 0 aliphatic heterocycles. The minimum absolute atomic E-state index is 0.123. The van der Waals surface area contributed by atoms with Crippen molar-refractivity contribution in [2.24, 2.45) is 0 Å². The second kappa shape index (κ2) is 5.34. The Bertz CT molecular complexity index is 606. The largest absolute Gasteiger partial charge is 0.289 e. The van der Waals surface area contributed by atoms with Crippen LogP contribution < -0.4 is 0 Å². The summed E-state index contributed by atoms with van der Waals surface area (Å²) in [6.45, 7) is 0. The summed E-state index contributed by atoms with van der Waals surface area (Å²) < 4.78 is 0. The molecule has 0 fully saturated rings. The summed E-state index contributed by atoms with van der Waals surface area (Å²) in [6.07, 6.45) is 0. The summed E-state index contributed by atoms with van der Waals surface area (Å²) in [5, 5.41) is -0.480. The summed E-state index contributed by atoms with van der Waals surface area (Å²) in [4.78, 5) is 23.6. The van der Waals surface area contributed by atoms with Crippen molar-refractivity contribution in [1.29, 1.82) is 0 Å². The highest BCUT2D eigenvalue weighted by atomic mass is 35.5. The predicted molar refractivity (Wildman–Crippen MR) is 71.5 cm³/mol. The Kier molecular flexibility index (Phi) is 3.80. The van der Waals surface area contributed by atoms with Crippen LogP contribution >= 0.6 is 23.2 Å². The molecule has 0 bridgehead atoms. The summed E-state index contributed by atoms with van der Waals surface area (Å²) in [5.74, 6) is -0.315. The van der Waals surface area contributed by atoms with Gasteiger partial charge in [0.25, 0.3) is 5.24 Å². The van der Waals surface area contributed by atoms with Gasteiger partial charge < -0.3 is 0 Å². The van der Waals surface area contributed by atoms with Crippen LogP contribution in [0.2, 0.25) is 5.02 Å². The van der Waals surface area contributed by atoms with E-state index in [0.29, 0.717) is 5.56 Å². The normalized spacial score (nSPS) is 10.1. The van der Waals surface area contributed by atoms with E-state index in [1.807, 2.05) is 0 Å². The van der Waals surface area contributed by atoms with E-state index in [0.717, 1.165) is 0 Å². The van der Waals surface area contributed by atoms with Crippen molar-refractivity contribution in [2.45, 2.75) is 0 Å². The van der Waals surface area contributed by atoms with Gasteiger partial charge in [0.2, 0.25) is 0 Å². The van der Waals surface area contributed by atoms with Gasteiger partial charge in [-0.25, -0.2) is 0 Å². The van der Waals surface area contributed by atoms with Gasteiger partial charge in [-0.1, -0.05) is 48.0 Å². The third kappa shape index (κ3) is 2.45. The molecule has 18 heavy (non-hydrogen) atoms. The summed E-state index contributed by atoms with van der Waals surface area (Å²) in [5.41, 5.74) is 0.730. The average Bonchev–Trinajstić information content (AvgIpc) is 2.38. The van der Waals surface area contributed by atoms with E-state index in [-0.39, 0.29) is 21.9 Å². The summed E-state index contributed by atoms with van der Waals surface area (Å²) in [6, 6.07) is 13.2. The Balaban J connectivity index is 2.58. The van der Waals surface area contributed by atoms with Crippen molar-refractivity contribution in [3.05, 3.63) is 70.2 Å². The molecule has 0 spiro atoms. The monoisotopic (exact) mass is 278 g/mol. The zero-order valence-corrected chi connectivity index (χ0v) is 10.7. The first kappa shape index (κ1) is 12.8. The molecule has 2 rings (SSSR count). The third-order valence-corrected chi connectivity index (χ3v) is 3.01. The van der Waals surface area contributed by atoms with Crippen molar-refractivity contribution in [3.8, 4) is 0 Å². The number of rotatable bonds is 3. The quantitative estimate of drug-likeness (QED) is 0.629. The molecule has 0 heterocycles. The molecule has 0 amide bonds. The molecule has 90 valence electrons. The van der Waals surface area contributed by atoms with Crippen LogP contribution in [0.5, 0.6) is 0 Å². The van der Waals surface area contributed by atoms with Gasteiger partial charge >= 0.3 is 0 Å².